The highest BCUT2D eigenvalue weighted by Crippen LogP contribution is 2.25. The fourth-order valence-electron chi connectivity index (χ4n) is 1.87. The third kappa shape index (κ3) is 5.60. The van der Waals surface area contributed by atoms with Crippen LogP contribution in [0, 0.1) is 10.1 Å². The molecule has 136 valence electrons. The lowest BCUT2D eigenvalue weighted by atomic mass is 10.3. The minimum Gasteiger partial charge on any atom is -0.493 e. The van der Waals surface area contributed by atoms with Crippen molar-refractivity contribution in [3.05, 3.63) is 58.6 Å². The van der Waals surface area contributed by atoms with Crippen molar-refractivity contribution in [2.24, 2.45) is 0 Å². The van der Waals surface area contributed by atoms with Gasteiger partial charge in [0.05, 0.1) is 12.0 Å². The van der Waals surface area contributed by atoms with Gasteiger partial charge in [0.2, 0.25) is 0 Å². The number of thiocarbonyl (C=S) groups is 1. The Labute approximate surface area is 154 Å². The van der Waals surface area contributed by atoms with Gasteiger partial charge < -0.3 is 14.8 Å². The molecule has 0 bridgehead atoms. The molecule has 0 unspecified atom stereocenters. The largest absolute Gasteiger partial charge is 0.493 e. The van der Waals surface area contributed by atoms with Crippen molar-refractivity contribution in [3.8, 4) is 11.5 Å². The van der Waals surface area contributed by atoms with Crippen molar-refractivity contribution in [2.45, 2.75) is 0 Å². The number of ether oxygens (including phenoxy) is 2. The van der Waals surface area contributed by atoms with E-state index in [2.05, 4.69) is 16.2 Å². The highest BCUT2D eigenvalue weighted by atomic mass is 32.1. The van der Waals surface area contributed by atoms with Crippen LogP contribution < -0.4 is 25.6 Å². The van der Waals surface area contributed by atoms with E-state index in [-0.39, 0.29) is 17.4 Å². The second-order valence-electron chi connectivity index (χ2n) is 4.87. The van der Waals surface area contributed by atoms with Gasteiger partial charge >= 0.3 is 0 Å². The van der Waals surface area contributed by atoms with Crippen LogP contribution >= 0.6 is 12.2 Å². The summed E-state index contributed by atoms with van der Waals surface area (Å²) >= 11 is 5.02. The van der Waals surface area contributed by atoms with Crippen LogP contribution in [-0.2, 0) is 4.79 Å². The number of nitrogens with one attached hydrogen (secondary N) is 3. The standard InChI is InChI=1S/C16H16N4O5S/c1-24-13-4-2-3-5-14(13)25-10-15(21)18-19-16(26)17-11-6-8-12(9-7-11)20(22)23/h2-9H,10H2,1H3,(H,18,21)(H2,17,19,26). The summed E-state index contributed by atoms with van der Waals surface area (Å²) in [6.07, 6.45) is 0. The van der Waals surface area contributed by atoms with Crippen LogP contribution in [0.2, 0.25) is 0 Å². The molecule has 0 atom stereocenters. The average Bonchev–Trinajstić information content (AvgIpc) is 2.65. The number of non-ortho nitro benzene ring substituents is 1. The first-order valence-corrected chi connectivity index (χ1v) is 7.76. The van der Waals surface area contributed by atoms with E-state index < -0.39 is 10.8 Å². The molecule has 0 spiro atoms. The molecule has 26 heavy (non-hydrogen) atoms. The van der Waals surface area contributed by atoms with Crippen molar-refractivity contribution in [2.75, 3.05) is 19.0 Å². The van der Waals surface area contributed by atoms with E-state index >= 15 is 0 Å². The maximum atomic E-state index is 11.8. The molecule has 0 aromatic heterocycles. The van der Waals surface area contributed by atoms with Crippen molar-refractivity contribution < 1.29 is 19.2 Å². The molecule has 2 rings (SSSR count). The maximum absolute atomic E-state index is 11.8. The van der Waals surface area contributed by atoms with E-state index in [4.69, 9.17) is 21.7 Å². The van der Waals surface area contributed by atoms with Crippen molar-refractivity contribution >= 4 is 34.6 Å². The van der Waals surface area contributed by atoms with Gasteiger partial charge in [0, 0.05) is 17.8 Å². The van der Waals surface area contributed by atoms with Gasteiger partial charge in [-0.1, -0.05) is 12.1 Å². The monoisotopic (exact) mass is 376 g/mol. The number of carbonyl (C=O) groups is 1. The van der Waals surface area contributed by atoms with Gasteiger partial charge in [-0.25, -0.2) is 0 Å². The highest BCUT2D eigenvalue weighted by molar-refractivity contribution is 7.80. The Kier molecular flexibility index (Phi) is 6.68. The first-order valence-electron chi connectivity index (χ1n) is 7.35. The van der Waals surface area contributed by atoms with Crippen LogP contribution in [0.15, 0.2) is 48.5 Å². The Balaban J connectivity index is 1.76. The van der Waals surface area contributed by atoms with Crippen molar-refractivity contribution in [1.82, 2.24) is 10.9 Å². The summed E-state index contributed by atoms with van der Waals surface area (Å²) in [6, 6.07) is 12.6. The van der Waals surface area contributed by atoms with Crippen molar-refractivity contribution in [1.29, 1.82) is 0 Å². The lowest BCUT2D eigenvalue weighted by molar-refractivity contribution is -0.384. The smallest absolute Gasteiger partial charge is 0.276 e. The third-order valence-electron chi connectivity index (χ3n) is 3.08. The quantitative estimate of drug-likeness (QED) is 0.398. The van der Waals surface area contributed by atoms with Gasteiger partial charge in [0.25, 0.3) is 11.6 Å². The number of anilines is 1. The number of nitro benzene ring substituents is 1. The summed E-state index contributed by atoms with van der Waals surface area (Å²) in [6.45, 7) is -0.243. The van der Waals surface area contributed by atoms with Gasteiger partial charge in [-0.2, -0.15) is 0 Å². The SMILES string of the molecule is COc1ccccc1OCC(=O)NNC(=S)Nc1ccc([N+](=O)[O-])cc1. The van der Waals surface area contributed by atoms with E-state index in [9.17, 15) is 14.9 Å². The Hall–Kier alpha value is -3.40. The lowest BCUT2D eigenvalue weighted by Gasteiger charge is -2.13. The van der Waals surface area contributed by atoms with E-state index in [1.165, 1.54) is 31.4 Å². The molecule has 3 N–H and O–H groups in total. The molecule has 0 saturated heterocycles. The Morgan fingerprint density at radius 1 is 1.12 bits per heavy atom. The minimum absolute atomic E-state index is 0.0313. The molecule has 9 nitrogen and oxygen atoms in total. The summed E-state index contributed by atoms with van der Waals surface area (Å²) in [5.41, 5.74) is 5.39. The Bertz CT molecular complexity index is 797. The molecule has 0 aliphatic heterocycles. The summed E-state index contributed by atoms with van der Waals surface area (Å²) in [5, 5.41) is 13.5. The molecule has 0 radical (unpaired) electrons. The van der Waals surface area contributed by atoms with Gasteiger partial charge in [0.1, 0.15) is 0 Å². The zero-order valence-electron chi connectivity index (χ0n) is 13.7. The van der Waals surface area contributed by atoms with Crippen LogP contribution in [-0.4, -0.2) is 29.7 Å². The number of hydrogen-bond donors (Lipinski definition) is 3. The zero-order chi connectivity index (χ0) is 18.9. The number of nitrogens with zero attached hydrogens (tertiary/aromatic N) is 1. The molecular formula is C16H16N4O5S. The summed E-state index contributed by atoms with van der Waals surface area (Å²) < 4.78 is 10.5. The first-order chi connectivity index (χ1) is 12.5. The molecule has 2 aromatic carbocycles. The third-order valence-corrected chi connectivity index (χ3v) is 3.28. The van der Waals surface area contributed by atoms with Crippen LogP contribution in [0.5, 0.6) is 11.5 Å². The molecule has 0 aliphatic carbocycles. The molecule has 0 heterocycles. The van der Waals surface area contributed by atoms with Crippen LogP contribution in [0.4, 0.5) is 11.4 Å². The van der Waals surface area contributed by atoms with Gasteiger partial charge in [-0.15, -0.1) is 0 Å². The van der Waals surface area contributed by atoms with Crippen LogP contribution in [0.3, 0.4) is 0 Å². The van der Waals surface area contributed by atoms with E-state index in [0.29, 0.717) is 17.2 Å². The average molecular weight is 376 g/mol. The normalized spacial score (nSPS) is 9.73. The second-order valence-corrected chi connectivity index (χ2v) is 5.28. The number of para-hydroxylation sites is 2. The topological polar surface area (TPSA) is 115 Å². The van der Waals surface area contributed by atoms with Crippen LogP contribution in [0.1, 0.15) is 0 Å². The summed E-state index contributed by atoms with van der Waals surface area (Å²) in [7, 11) is 1.51. The number of carbonyl (C=O) groups excluding carboxylic acids is 1. The molecule has 0 fully saturated rings. The number of methoxy groups -OCH3 is 1. The number of hydrogen-bond acceptors (Lipinski definition) is 6. The highest BCUT2D eigenvalue weighted by Gasteiger charge is 2.08. The molecule has 10 heteroatoms. The van der Waals surface area contributed by atoms with Crippen molar-refractivity contribution in [3.63, 3.8) is 0 Å². The van der Waals surface area contributed by atoms with Gasteiger partial charge in [0.15, 0.2) is 23.2 Å². The van der Waals surface area contributed by atoms with E-state index in [1.807, 2.05) is 0 Å². The predicted octanol–water partition coefficient (Wildman–Crippen LogP) is 2.00. The Morgan fingerprint density at radius 3 is 2.38 bits per heavy atom. The lowest BCUT2D eigenvalue weighted by Crippen LogP contribution is -2.45. The molecule has 2 aromatic rings. The fraction of sp³-hybridized carbons (Fsp3) is 0.125. The molecule has 0 aliphatic rings. The van der Waals surface area contributed by atoms with Gasteiger partial charge in [-0.05, 0) is 36.5 Å². The fourth-order valence-corrected chi connectivity index (χ4v) is 2.04. The molecular weight excluding hydrogens is 360 g/mol. The summed E-state index contributed by atoms with van der Waals surface area (Å²) in [4.78, 5) is 21.9. The number of amides is 1. The number of rotatable bonds is 6. The maximum Gasteiger partial charge on any atom is 0.276 e. The number of hydrazine groups is 1. The number of nitro groups is 1. The zero-order valence-corrected chi connectivity index (χ0v) is 14.5. The second kappa shape index (κ2) is 9.18. The molecule has 0 saturated carbocycles. The molecule has 1 amide bonds. The van der Waals surface area contributed by atoms with Gasteiger partial charge in [-0.3, -0.25) is 25.8 Å². The number of benzene rings is 2. The van der Waals surface area contributed by atoms with E-state index in [0.717, 1.165) is 0 Å². The minimum atomic E-state index is -0.498. The predicted molar refractivity (Wildman–Crippen MR) is 99.1 cm³/mol. The van der Waals surface area contributed by atoms with Crippen LogP contribution in [0.25, 0.3) is 0 Å². The summed E-state index contributed by atoms with van der Waals surface area (Å²) in [5.74, 6) is 0.504. The first kappa shape index (κ1) is 18.9. The van der Waals surface area contributed by atoms with E-state index in [1.54, 1.807) is 24.3 Å². The Morgan fingerprint density at radius 2 is 1.77 bits per heavy atom.